The minimum atomic E-state index is -0.215. The SMILES string of the molecule is NCCOCCOCCNC(=O)c1ccc(Nc2nc(NCCOCCOCCNC(=O)c3ccccc3)nc(Nc3ccc(N)cc3)n2)cc1. The Bertz CT molecular complexity index is 1600. The molecule has 0 radical (unpaired) electrons. The zero-order valence-corrected chi connectivity index (χ0v) is 28.4. The van der Waals surface area contributed by atoms with Crippen LogP contribution in [0.3, 0.4) is 0 Å². The molecule has 0 aliphatic rings. The molecule has 51 heavy (non-hydrogen) atoms. The lowest BCUT2D eigenvalue weighted by atomic mass is 10.2. The van der Waals surface area contributed by atoms with Gasteiger partial charge in [0.15, 0.2) is 0 Å². The average Bonchev–Trinajstić information content (AvgIpc) is 3.15. The van der Waals surface area contributed by atoms with Gasteiger partial charge in [0.25, 0.3) is 11.8 Å². The number of carbonyl (C=O) groups excluding carboxylic acids is 2. The van der Waals surface area contributed by atoms with Gasteiger partial charge in [0, 0.05) is 54.4 Å². The highest BCUT2D eigenvalue weighted by Crippen LogP contribution is 2.20. The van der Waals surface area contributed by atoms with Crippen molar-refractivity contribution in [3.63, 3.8) is 0 Å². The summed E-state index contributed by atoms with van der Waals surface area (Å²) < 4.78 is 21.9. The van der Waals surface area contributed by atoms with Crippen LogP contribution in [0.5, 0.6) is 0 Å². The second kappa shape index (κ2) is 22.4. The summed E-state index contributed by atoms with van der Waals surface area (Å²) in [5, 5.41) is 15.1. The number of rotatable bonds is 24. The zero-order chi connectivity index (χ0) is 35.9. The average molecular weight is 703 g/mol. The van der Waals surface area contributed by atoms with Crippen LogP contribution in [-0.4, -0.2) is 106 Å². The summed E-state index contributed by atoms with van der Waals surface area (Å²) >= 11 is 0. The predicted octanol–water partition coefficient (Wildman–Crippen LogP) is 2.54. The third-order valence-corrected chi connectivity index (χ3v) is 6.84. The smallest absolute Gasteiger partial charge is 0.251 e. The number of carbonyl (C=O) groups is 2. The molecule has 16 nitrogen and oxygen atoms in total. The van der Waals surface area contributed by atoms with E-state index in [4.69, 9.17) is 30.4 Å². The molecule has 9 N–H and O–H groups in total. The van der Waals surface area contributed by atoms with Gasteiger partial charge in [0.05, 0.1) is 52.9 Å². The molecule has 0 aliphatic carbocycles. The molecular weight excluding hydrogens is 656 g/mol. The van der Waals surface area contributed by atoms with Crippen LogP contribution in [0.15, 0.2) is 78.9 Å². The molecule has 4 rings (SSSR count). The van der Waals surface area contributed by atoms with Crippen LogP contribution in [0.2, 0.25) is 0 Å². The first-order valence-electron chi connectivity index (χ1n) is 16.6. The van der Waals surface area contributed by atoms with E-state index in [-0.39, 0.29) is 17.8 Å². The van der Waals surface area contributed by atoms with Crippen molar-refractivity contribution in [1.82, 2.24) is 25.6 Å². The minimum absolute atomic E-state index is 0.137. The number of nitrogens with zero attached hydrogens (tertiary/aromatic N) is 3. The summed E-state index contributed by atoms with van der Waals surface area (Å²) in [4.78, 5) is 38.1. The lowest BCUT2D eigenvalue weighted by Crippen LogP contribution is -2.27. The Labute approximate surface area is 297 Å². The number of anilines is 6. The van der Waals surface area contributed by atoms with E-state index >= 15 is 0 Å². The number of hydrogen-bond acceptors (Lipinski definition) is 14. The van der Waals surface area contributed by atoms with Gasteiger partial charge in [-0.3, -0.25) is 9.59 Å². The highest BCUT2D eigenvalue weighted by atomic mass is 16.5. The number of benzene rings is 3. The van der Waals surface area contributed by atoms with E-state index in [9.17, 15) is 9.59 Å². The van der Waals surface area contributed by atoms with E-state index < -0.39 is 0 Å². The number of ether oxygens (including phenoxy) is 4. The first-order valence-corrected chi connectivity index (χ1v) is 16.6. The molecule has 0 fully saturated rings. The van der Waals surface area contributed by atoms with Crippen molar-refractivity contribution in [3.05, 3.63) is 90.0 Å². The second-order valence-corrected chi connectivity index (χ2v) is 10.8. The summed E-state index contributed by atoms with van der Waals surface area (Å²) in [6, 6.07) is 23.1. The van der Waals surface area contributed by atoms with Gasteiger partial charge < -0.3 is 57.0 Å². The van der Waals surface area contributed by atoms with Crippen LogP contribution in [0.4, 0.5) is 34.9 Å². The molecule has 0 unspecified atom stereocenters. The summed E-state index contributed by atoms with van der Waals surface area (Å²) in [6.45, 7) is 4.96. The molecule has 4 aromatic rings. The van der Waals surface area contributed by atoms with E-state index in [0.29, 0.717) is 113 Å². The maximum Gasteiger partial charge on any atom is 0.251 e. The van der Waals surface area contributed by atoms with Crippen LogP contribution in [0.25, 0.3) is 0 Å². The highest BCUT2D eigenvalue weighted by Gasteiger charge is 2.10. The summed E-state index contributed by atoms with van der Waals surface area (Å²) in [5.41, 5.74) is 14.4. The largest absolute Gasteiger partial charge is 0.399 e. The first kappa shape index (κ1) is 38.4. The fourth-order valence-corrected chi connectivity index (χ4v) is 4.33. The summed E-state index contributed by atoms with van der Waals surface area (Å²) in [6.07, 6.45) is 0. The molecule has 2 amide bonds. The molecule has 3 aromatic carbocycles. The molecule has 0 atom stereocenters. The number of hydrogen-bond donors (Lipinski definition) is 7. The quantitative estimate of drug-likeness (QED) is 0.0412. The highest BCUT2D eigenvalue weighted by molar-refractivity contribution is 5.94. The Morgan fingerprint density at radius 1 is 0.529 bits per heavy atom. The molecule has 0 aliphatic heterocycles. The Hall–Kier alpha value is -5.39. The van der Waals surface area contributed by atoms with Crippen LogP contribution < -0.4 is 38.1 Å². The van der Waals surface area contributed by atoms with Gasteiger partial charge in [-0.2, -0.15) is 15.0 Å². The van der Waals surface area contributed by atoms with Gasteiger partial charge in [-0.15, -0.1) is 0 Å². The molecular formula is C35H46N10O6. The topological polar surface area (TPSA) is 222 Å². The molecule has 1 aromatic heterocycles. The molecule has 0 spiro atoms. The summed E-state index contributed by atoms with van der Waals surface area (Å²) in [7, 11) is 0. The molecule has 272 valence electrons. The van der Waals surface area contributed by atoms with Crippen molar-refractivity contribution >= 4 is 46.7 Å². The summed E-state index contributed by atoms with van der Waals surface area (Å²) in [5.74, 6) is 0.555. The Morgan fingerprint density at radius 2 is 0.980 bits per heavy atom. The fraction of sp³-hybridized carbons (Fsp3) is 0.343. The van der Waals surface area contributed by atoms with E-state index in [1.807, 2.05) is 30.3 Å². The molecule has 1 heterocycles. The number of nitrogens with one attached hydrogen (secondary N) is 5. The third kappa shape index (κ3) is 14.9. The van der Waals surface area contributed by atoms with Crippen molar-refractivity contribution in [2.45, 2.75) is 0 Å². The second-order valence-electron chi connectivity index (χ2n) is 10.8. The van der Waals surface area contributed by atoms with Gasteiger partial charge in [0.1, 0.15) is 0 Å². The number of nitrogens with two attached hydrogens (primary N) is 2. The molecule has 0 saturated heterocycles. The maximum absolute atomic E-state index is 12.6. The van der Waals surface area contributed by atoms with Crippen LogP contribution >= 0.6 is 0 Å². The van der Waals surface area contributed by atoms with E-state index in [2.05, 4.69) is 41.5 Å². The van der Waals surface area contributed by atoms with E-state index in [1.54, 1.807) is 48.5 Å². The van der Waals surface area contributed by atoms with Gasteiger partial charge in [-0.05, 0) is 60.7 Å². The number of aromatic nitrogens is 3. The molecule has 0 bridgehead atoms. The van der Waals surface area contributed by atoms with Gasteiger partial charge in [-0.25, -0.2) is 0 Å². The minimum Gasteiger partial charge on any atom is -0.399 e. The van der Waals surface area contributed by atoms with Crippen LogP contribution in [-0.2, 0) is 18.9 Å². The molecule has 16 heteroatoms. The third-order valence-electron chi connectivity index (χ3n) is 6.84. The Morgan fingerprint density at radius 3 is 1.51 bits per heavy atom. The van der Waals surface area contributed by atoms with Crippen LogP contribution in [0.1, 0.15) is 20.7 Å². The van der Waals surface area contributed by atoms with Gasteiger partial charge in [-0.1, -0.05) is 18.2 Å². The normalized spacial score (nSPS) is 10.8. The van der Waals surface area contributed by atoms with Crippen LogP contribution in [0, 0.1) is 0 Å². The zero-order valence-electron chi connectivity index (χ0n) is 28.4. The lowest BCUT2D eigenvalue weighted by molar-refractivity contribution is 0.0511. The van der Waals surface area contributed by atoms with Gasteiger partial charge >= 0.3 is 0 Å². The Balaban J connectivity index is 1.21. The van der Waals surface area contributed by atoms with Crippen molar-refractivity contribution in [2.24, 2.45) is 5.73 Å². The number of nitrogen functional groups attached to an aromatic ring is 1. The lowest BCUT2D eigenvalue weighted by Gasteiger charge is -2.12. The van der Waals surface area contributed by atoms with Crippen molar-refractivity contribution in [1.29, 1.82) is 0 Å². The first-order chi connectivity index (χ1) is 25.0. The fourth-order valence-electron chi connectivity index (χ4n) is 4.33. The predicted molar refractivity (Wildman–Crippen MR) is 196 cm³/mol. The van der Waals surface area contributed by atoms with Crippen molar-refractivity contribution in [2.75, 3.05) is 101 Å². The number of amides is 2. The van der Waals surface area contributed by atoms with E-state index in [0.717, 1.165) is 5.69 Å². The van der Waals surface area contributed by atoms with E-state index in [1.165, 1.54) is 0 Å². The maximum atomic E-state index is 12.6. The monoisotopic (exact) mass is 702 g/mol. The van der Waals surface area contributed by atoms with Gasteiger partial charge in [0.2, 0.25) is 17.8 Å². The Kier molecular flexibility index (Phi) is 16.8. The van der Waals surface area contributed by atoms with Crippen molar-refractivity contribution < 1.29 is 28.5 Å². The standard InChI is InChI=1S/C35H46N10O6/c36-14-18-48-22-23-49-20-16-39-32(47)27-6-10-29(11-7-27)41-34-43-33(44-35(45-34)42-30-12-8-28(37)9-13-30)40-17-21-51-25-24-50-19-15-38-31(46)26-4-2-1-3-5-26/h1-13H,14-25,36-37H2,(H,38,46)(H,39,47)(H3,40,41,42,43,44,45). The molecule has 0 saturated carbocycles. The van der Waals surface area contributed by atoms with Crippen molar-refractivity contribution in [3.8, 4) is 0 Å².